The van der Waals surface area contributed by atoms with E-state index in [0.717, 1.165) is 16.9 Å². The van der Waals surface area contributed by atoms with Gasteiger partial charge in [-0.15, -0.1) is 6.58 Å². The Hall–Kier alpha value is -3.42. The lowest BCUT2D eigenvalue weighted by molar-refractivity contribution is -0.142. The SMILES string of the molecule is C=CCO[C@H]1[C@@H]2C=C[C@]3(O2)[C@H](C(=O)NCc2ccccc2)N(Cc2ccc(OC)cc2)C(=O)[C@@H]13. The maximum Gasteiger partial charge on any atom is 0.246 e. The largest absolute Gasteiger partial charge is 0.497 e. The van der Waals surface area contributed by atoms with Gasteiger partial charge >= 0.3 is 0 Å². The van der Waals surface area contributed by atoms with E-state index in [-0.39, 0.29) is 24.5 Å². The molecule has 3 aliphatic rings. The Balaban J connectivity index is 1.45. The zero-order valence-corrected chi connectivity index (χ0v) is 19.1. The van der Waals surface area contributed by atoms with Crippen LogP contribution in [0.25, 0.3) is 0 Å². The average Bonchev–Trinajstić information content (AvgIpc) is 3.50. The second-order valence-corrected chi connectivity index (χ2v) is 8.78. The molecule has 5 rings (SSSR count). The Bertz CT molecular complexity index is 1100. The predicted molar refractivity (Wildman–Crippen MR) is 126 cm³/mol. The van der Waals surface area contributed by atoms with Crippen LogP contribution in [0, 0.1) is 5.92 Å². The highest BCUT2D eigenvalue weighted by Gasteiger charge is 2.71. The number of benzene rings is 2. The van der Waals surface area contributed by atoms with E-state index in [9.17, 15) is 9.59 Å². The molecule has 34 heavy (non-hydrogen) atoms. The zero-order valence-electron chi connectivity index (χ0n) is 19.1. The van der Waals surface area contributed by atoms with Crippen molar-refractivity contribution in [2.75, 3.05) is 13.7 Å². The van der Waals surface area contributed by atoms with Gasteiger partial charge in [-0.25, -0.2) is 0 Å². The van der Waals surface area contributed by atoms with Crippen molar-refractivity contribution in [3.05, 3.63) is 90.5 Å². The smallest absolute Gasteiger partial charge is 0.246 e. The molecule has 2 fully saturated rings. The van der Waals surface area contributed by atoms with E-state index in [1.54, 1.807) is 18.1 Å². The third kappa shape index (κ3) is 3.71. The van der Waals surface area contributed by atoms with E-state index in [1.807, 2.05) is 66.7 Å². The summed E-state index contributed by atoms with van der Waals surface area (Å²) in [5.41, 5.74) is 0.824. The van der Waals surface area contributed by atoms with Crippen molar-refractivity contribution < 1.29 is 23.8 Å². The molecular weight excluding hydrogens is 432 g/mol. The standard InChI is InChI=1S/C27H28N2O5/c1-3-15-33-23-21-13-14-27(34-21)22(23)26(31)29(17-19-9-11-20(32-2)12-10-19)24(27)25(30)28-16-18-7-5-4-6-8-18/h3-14,21-24H,1,15-17H2,2H3,(H,28,30)/t21-,22+,23-,24-,27+/m0/s1. The molecule has 0 unspecified atom stereocenters. The van der Waals surface area contributed by atoms with Gasteiger partial charge in [-0.05, 0) is 23.3 Å². The summed E-state index contributed by atoms with van der Waals surface area (Å²) in [5, 5.41) is 3.02. The second kappa shape index (κ2) is 9.08. The third-order valence-corrected chi connectivity index (χ3v) is 6.79. The van der Waals surface area contributed by atoms with Crippen LogP contribution in [0.4, 0.5) is 0 Å². The Labute approximate surface area is 199 Å². The first-order valence-corrected chi connectivity index (χ1v) is 11.4. The van der Waals surface area contributed by atoms with Crippen molar-refractivity contribution in [2.45, 2.75) is 36.9 Å². The topological polar surface area (TPSA) is 77.1 Å². The van der Waals surface area contributed by atoms with Gasteiger partial charge in [-0.3, -0.25) is 9.59 Å². The fourth-order valence-corrected chi connectivity index (χ4v) is 5.26. The van der Waals surface area contributed by atoms with Crippen molar-refractivity contribution in [3.63, 3.8) is 0 Å². The highest BCUT2D eigenvalue weighted by Crippen LogP contribution is 2.53. The van der Waals surface area contributed by atoms with Gasteiger partial charge < -0.3 is 24.4 Å². The number of carbonyl (C=O) groups excluding carboxylic acids is 2. The van der Waals surface area contributed by atoms with Crippen LogP contribution in [0.3, 0.4) is 0 Å². The number of nitrogens with one attached hydrogen (secondary N) is 1. The van der Waals surface area contributed by atoms with Crippen molar-refractivity contribution >= 4 is 11.8 Å². The van der Waals surface area contributed by atoms with Crippen molar-refractivity contribution in [3.8, 4) is 5.75 Å². The number of carbonyl (C=O) groups is 2. The van der Waals surface area contributed by atoms with Crippen LogP contribution in [0.1, 0.15) is 11.1 Å². The number of methoxy groups -OCH3 is 1. The number of amides is 2. The monoisotopic (exact) mass is 460 g/mol. The molecule has 1 spiro atoms. The molecule has 0 saturated carbocycles. The quantitative estimate of drug-likeness (QED) is 0.582. The summed E-state index contributed by atoms with van der Waals surface area (Å²) in [6, 6.07) is 16.4. The minimum absolute atomic E-state index is 0.142. The first-order chi connectivity index (χ1) is 16.6. The molecule has 0 aromatic heterocycles. The van der Waals surface area contributed by atoms with E-state index in [1.165, 1.54) is 0 Å². The molecule has 0 radical (unpaired) electrons. The third-order valence-electron chi connectivity index (χ3n) is 6.79. The summed E-state index contributed by atoms with van der Waals surface area (Å²) < 4.78 is 17.5. The number of fused-ring (bicyclic) bond motifs is 1. The predicted octanol–water partition coefficient (Wildman–Crippen LogP) is 2.62. The molecule has 2 aromatic rings. The number of nitrogens with zero attached hydrogens (tertiary/aromatic N) is 1. The van der Waals surface area contributed by atoms with E-state index >= 15 is 0 Å². The molecular formula is C27H28N2O5. The first-order valence-electron chi connectivity index (χ1n) is 11.4. The number of hydrogen-bond acceptors (Lipinski definition) is 5. The van der Waals surface area contributed by atoms with Crippen LogP contribution in [0.2, 0.25) is 0 Å². The van der Waals surface area contributed by atoms with Gasteiger partial charge in [0.15, 0.2) is 0 Å². The molecule has 2 saturated heterocycles. The van der Waals surface area contributed by atoms with Gasteiger partial charge in [0.25, 0.3) is 0 Å². The summed E-state index contributed by atoms with van der Waals surface area (Å²) in [4.78, 5) is 29.0. The molecule has 2 amide bonds. The van der Waals surface area contributed by atoms with Gasteiger partial charge in [-0.2, -0.15) is 0 Å². The minimum Gasteiger partial charge on any atom is -0.497 e. The number of rotatable bonds is 9. The summed E-state index contributed by atoms with van der Waals surface area (Å²) in [5.74, 6) is -0.250. The normalized spacial score (nSPS) is 28.7. The van der Waals surface area contributed by atoms with Gasteiger partial charge in [0.1, 0.15) is 35.5 Å². The zero-order chi connectivity index (χ0) is 23.7. The van der Waals surface area contributed by atoms with Crippen LogP contribution in [-0.4, -0.2) is 54.3 Å². The minimum atomic E-state index is -1.05. The van der Waals surface area contributed by atoms with Crippen LogP contribution >= 0.6 is 0 Å². The highest BCUT2D eigenvalue weighted by atomic mass is 16.6. The molecule has 2 bridgehead atoms. The second-order valence-electron chi connectivity index (χ2n) is 8.78. The van der Waals surface area contributed by atoms with E-state index < -0.39 is 23.7 Å². The molecule has 7 heteroatoms. The maximum absolute atomic E-state index is 13.8. The Morgan fingerprint density at radius 1 is 1.18 bits per heavy atom. The lowest BCUT2D eigenvalue weighted by atomic mass is 9.79. The van der Waals surface area contributed by atoms with Crippen LogP contribution < -0.4 is 10.1 Å². The number of likely N-dealkylation sites (tertiary alicyclic amines) is 1. The van der Waals surface area contributed by atoms with Crippen molar-refractivity contribution in [1.82, 2.24) is 10.2 Å². The van der Waals surface area contributed by atoms with E-state index in [2.05, 4.69) is 11.9 Å². The van der Waals surface area contributed by atoms with Crippen LogP contribution in [0.5, 0.6) is 5.75 Å². The molecule has 7 nitrogen and oxygen atoms in total. The first kappa shape index (κ1) is 22.4. The van der Waals surface area contributed by atoms with Gasteiger partial charge in [0.05, 0.1) is 13.7 Å². The van der Waals surface area contributed by atoms with Crippen LogP contribution in [-0.2, 0) is 32.2 Å². The lowest BCUT2D eigenvalue weighted by Crippen LogP contribution is -2.54. The molecule has 1 N–H and O–H groups in total. The summed E-state index contributed by atoms with van der Waals surface area (Å²) >= 11 is 0. The Kier molecular flexibility index (Phi) is 5.98. The molecule has 5 atom stereocenters. The fraction of sp³-hybridized carbons (Fsp3) is 0.333. The maximum atomic E-state index is 13.8. The molecule has 0 aliphatic carbocycles. The molecule has 3 aliphatic heterocycles. The van der Waals surface area contributed by atoms with Crippen molar-refractivity contribution in [1.29, 1.82) is 0 Å². The fourth-order valence-electron chi connectivity index (χ4n) is 5.26. The Morgan fingerprint density at radius 3 is 2.65 bits per heavy atom. The number of ether oxygens (including phenoxy) is 3. The Morgan fingerprint density at radius 2 is 1.94 bits per heavy atom. The summed E-state index contributed by atoms with van der Waals surface area (Å²) in [7, 11) is 1.61. The molecule has 2 aromatic carbocycles. The highest BCUT2D eigenvalue weighted by molar-refractivity contribution is 5.96. The van der Waals surface area contributed by atoms with Gasteiger partial charge in [0.2, 0.25) is 11.8 Å². The summed E-state index contributed by atoms with van der Waals surface area (Å²) in [6.45, 7) is 4.67. The van der Waals surface area contributed by atoms with Gasteiger partial charge in [-0.1, -0.05) is 60.7 Å². The average molecular weight is 461 g/mol. The van der Waals surface area contributed by atoms with E-state index in [4.69, 9.17) is 14.2 Å². The number of hydrogen-bond donors (Lipinski definition) is 1. The summed E-state index contributed by atoms with van der Waals surface area (Å²) in [6.07, 6.45) is 4.63. The molecule has 176 valence electrons. The van der Waals surface area contributed by atoms with E-state index in [0.29, 0.717) is 13.2 Å². The molecule has 3 heterocycles. The lowest BCUT2D eigenvalue weighted by Gasteiger charge is -2.32. The van der Waals surface area contributed by atoms with Crippen molar-refractivity contribution in [2.24, 2.45) is 5.92 Å². The van der Waals surface area contributed by atoms with Gasteiger partial charge in [0, 0.05) is 13.1 Å². The van der Waals surface area contributed by atoms with Crippen LogP contribution in [0.15, 0.2) is 79.4 Å².